The summed E-state index contributed by atoms with van der Waals surface area (Å²) in [5, 5.41) is 9.59. The van der Waals surface area contributed by atoms with Crippen LogP contribution in [0.4, 0.5) is 4.39 Å². The topological polar surface area (TPSA) is 59.4 Å². The van der Waals surface area contributed by atoms with Crippen LogP contribution >= 0.6 is 0 Å². The van der Waals surface area contributed by atoms with Crippen molar-refractivity contribution in [3.8, 4) is 16.9 Å². The summed E-state index contributed by atoms with van der Waals surface area (Å²) in [5.74, 6) is -0.346. The number of fused-ring (bicyclic) bond motifs is 1. The van der Waals surface area contributed by atoms with Crippen LogP contribution in [0, 0.1) is 24.6 Å². The summed E-state index contributed by atoms with van der Waals surface area (Å²) in [4.78, 5) is 15.9. The van der Waals surface area contributed by atoms with Gasteiger partial charge in [-0.15, -0.1) is 0 Å². The number of aromatic nitrogens is 1. The van der Waals surface area contributed by atoms with Crippen LogP contribution in [0.25, 0.3) is 11.1 Å². The molecule has 0 radical (unpaired) electrons. The average molecular weight is 446 g/mol. The number of hydrogen-bond acceptors (Lipinski definition) is 3. The molecule has 0 saturated heterocycles. The van der Waals surface area contributed by atoms with E-state index in [-0.39, 0.29) is 17.8 Å². The van der Waals surface area contributed by atoms with E-state index in [0.29, 0.717) is 17.9 Å². The number of hydrogen-bond donors (Lipinski definition) is 1. The fraction of sp³-hybridized carbons (Fsp3) is 0.357. The van der Waals surface area contributed by atoms with E-state index in [9.17, 15) is 9.90 Å². The van der Waals surface area contributed by atoms with E-state index in [1.807, 2.05) is 37.3 Å². The van der Waals surface area contributed by atoms with Crippen LogP contribution in [-0.2, 0) is 11.2 Å². The van der Waals surface area contributed by atoms with Crippen molar-refractivity contribution >= 4 is 5.97 Å². The van der Waals surface area contributed by atoms with Crippen LogP contribution in [0.2, 0.25) is 0 Å². The Morgan fingerprint density at radius 2 is 1.88 bits per heavy atom. The molecule has 2 aliphatic rings. The zero-order chi connectivity index (χ0) is 23.1. The molecule has 5 rings (SSSR count). The summed E-state index contributed by atoms with van der Waals surface area (Å²) in [6.45, 7) is 3.70. The minimum atomic E-state index is -0.769. The number of carboxylic acid groups (broad SMARTS) is 1. The first-order valence-electron chi connectivity index (χ1n) is 11.7. The van der Waals surface area contributed by atoms with Crippen LogP contribution in [-0.4, -0.2) is 16.1 Å². The molecule has 2 aromatic carbocycles. The van der Waals surface area contributed by atoms with E-state index in [4.69, 9.17) is 4.74 Å². The minimum absolute atomic E-state index is 0.0170. The maximum absolute atomic E-state index is 15.2. The molecule has 3 aromatic rings. The molecule has 3 atom stereocenters. The summed E-state index contributed by atoms with van der Waals surface area (Å²) < 4.78 is 21.4. The predicted octanol–water partition coefficient (Wildman–Crippen LogP) is 6.48. The van der Waals surface area contributed by atoms with Gasteiger partial charge in [-0.05, 0) is 91.0 Å². The number of pyridine rings is 1. The van der Waals surface area contributed by atoms with Gasteiger partial charge in [0.2, 0.25) is 0 Å². The van der Waals surface area contributed by atoms with Gasteiger partial charge in [0.05, 0.1) is 5.92 Å². The smallest absolute Gasteiger partial charge is 0.306 e. The van der Waals surface area contributed by atoms with E-state index in [0.717, 1.165) is 53.0 Å². The number of benzene rings is 2. The SMILES string of the molecule is Cc1cc(-c2ccc(C3CCc4ccc([C@H](C5CC5)[C@H](C)C(=O)O)cc4O3)c(F)c2)ccn1. The van der Waals surface area contributed by atoms with Crippen LogP contribution in [0.15, 0.2) is 54.7 Å². The highest BCUT2D eigenvalue weighted by molar-refractivity contribution is 5.71. The highest BCUT2D eigenvalue weighted by Crippen LogP contribution is 2.48. The lowest BCUT2D eigenvalue weighted by molar-refractivity contribution is -0.142. The monoisotopic (exact) mass is 445 g/mol. The molecule has 4 nitrogen and oxygen atoms in total. The maximum atomic E-state index is 15.2. The van der Waals surface area contributed by atoms with Crippen molar-refractivity contribution < 1.29 is 19.0 Å². The van der Waals surface area contributed by atoms with Crippen molar-refractivity contribution in [2.45, 2.75) is 51.6 Å². The third kappa shape index (κ3) is 4.37. The van der Waals surface area contributed by atoms with Gasteiger partial charge in [-0.3, -0.25) is 9.78 Å². The molecule has 170 valence electrons. The molecule has 5 heteroatoms. The summed E-state index contributed by atoms with van der Waals surface area (Å²) in [6.07, 6.45) is 5.00. The lowest BCUT2D eigenvalue weighted by Crippen LogP contribution is -2.21. The van der Waals surface area contributed by atoms with Crippen molar-refractivity contribution in [3.05, 3.63) is 82.9 Å². The van der Waals surface area contributed by atoms with Crippen molar-refractivity contribution in [1.29, 1.82) is 0 Å². The first-order chi connectivity index (χ1) is 15.9. The number of aliphatic carboxylic acids is 1. The van der Waals surface area contributed by atoms with Gasteiger partial charge in [0.25, 0.3) is 0 Å². The molecule has 0 spiro atoms. The van der Waals surface area contributed by atoms with E-state index < -0.39 is 11.9 Å². The lowest BCUT2D eigenvalue weighted by Gasteiger charge is -2.29. The largest absolute Gasteiger partial charge is 0.485 e. The zero-order valence-corrected chi connectivity index (χ0v) is 18.9. The zero-order valence-electron chi connectivity index (χ0n) is 18.9. The summed E-state index contributed by atoms with van der Waals surface area (Å²) in [5.41, 5.74) is 5.30. The highest BCUT2D eigenvalue weighted by Gasteiger charge is 2.39. The molecule has 1 fully saturated rings. The second kappa shape index (κ2) is 8.62. The van der Waals surface area contributed by atoms with Gasteiger partial charge >= 0.3 is 5.97 Å². The molecule has 1 unspecified atom stereocenters. The second-order valence-electron chi connectivity index (χ2n) is 9.42. The van der Waals surface area contributed by atoms with Gasteiger partial charge in [0.15, 0.2) is 0 Å². The van der Waals surface area contributed by atoms with Gasteiger partial charge in [0, 0.05) is 17.5 Å². The number of aryl methyl sites for hydroxylation is 2. The van der Waals surface area contributed by atoms with Crippen LogP contribution < -0.4 is 4.74 Å². The van der Waals surface area contributed by atoms with Crippen molar-refractivity contribution in [2.24, 2.45) is 11.8 Å². The fourth-order valence-electron chi connectivity index (χ4n) is 5.08. The molecule has 0 bridgehead atoms. The number of ether oxygens (including phenoxy) is 1. The standard InChI is InChI=1S/C28H28FNO3/c1-16-13-21(11-12-30-16)20-7-9-23(24(29)14-20)25-10-8-18-3-6-22(15-26(18)33-25)27(19-4-5-19)17(2)28(31)32/h3,6-7,9,11-15,17,19,25,27H,4-5,8,10H2,1-2H3,(H,31,32)/t17-,25?,27-/m0/s1. The minimum Gasteiger partial charge on any atom is -0.485 e. The summed E-state index contributed by atoms with van der Waals surface area (Å²) >= 11 is 0. The van der Waals surface area contributed by atoms with Crippen LogP contribution in [0.5, 0.6) is 5.75 Å². The average Bonchev–Trinajstić information content (AvgIpc) is 3.63. The van der Waals surface area contributed by atoms with Crippen LogP contribution in [0.1, 0.15) is 60.6 Å². The molecule has 1 aliphatic carbocycles. The van der Waals surface area contributed by atoms with Gasteiger partial charge in [0.1, 0.15) is 17.7 Å². The molecule has 2 heterocycles. The number of carbonyl (C=O) groups is 1. The van der Waals surface area contributed by atoms with E-state index >= 15 is 4.39 Å². The third-order valence-electron chi connectivity index (χ3n) is 7.06. The Labute approximate surface area is 193 Å². The van der Waals surface area contributed by atoms with Gasteiger partial charge in [-0.2, -0.15) is 0 Å². The molecule has 1 saturated carbocycles. The molecular weight excluding hydrogens is 417 g/mol. The Morgan fingerprint density at radius 3 is 2.58 bits per heavy atom. The van der Waals surface area contributed by atoms with E-state index in [1.54, 1.807) is 19.2 Å². The second-order valence-corrected chi connectivity index (χ2v) is 9.42. The van der Waals surface area contributed by atoms with Crippen molar-refractivity contribution in [2.75, 3.05) is 0 Å². The Hall–Kier alpha value is -3.21. The van der Waals surface area contributed by atoms with E-state index in [2.05, 4.69) is 17.1 Å². The Kier molecular flexibility index (Phi) is 5.65. The number of rotatable bonds is 6. The molecule has 0 amide bonds. The quantitative estimate of drug-likeness (QED) is 0.472. The fourth-order valence-corrected chi connectivity index (χ4v) is 5.08. The van der Waals surface area contributed by atoms with Gasteiger partial charge in [-0.1, -0.05) is 31.2 Å². The molecule has 1 aromatic heterocycles. The van der Waals surface area contributed by atoms with Gasteiger partial charge in [-0.25, -0.2) is 4.39 Å². The summed E-state index contributed by atoms with van der Waals surface area (Å²) in [7, 11) is 0. The number of carboxylic acids is 1. The van der Waals surface area contributed by atoms with Gasteiger partial charge < -0.3 is 9.84 Å². The van der Waals surface area contributed by atoms with E-state index in [1.165, 1.54) is 0 Å². The predicted molar refractivity (Wildman–Crippen MR) is 125 cm³/mol. The van der Waals surface area contributed by atoms with Crippen molar-refractivity contribution in [3.63, 3.8) is 0 Å². The number of nitrogens with zero attached hydrogens (tertiary/aromatic N) is 1. The molecule has 1 aliphatic heterocycles. The Morgan fingerprint density at radius 1 is 1.09 bits per heavy atom. The third-order valence-corrected chi connectivity index (χ3v) is 7.06. The molecular formula is C28H28FNO3. The normalized spacial score (nSPS) is 19.3. The maximum Gasteiger partial charge on any atom is 0.306 e. The first-order valence-corrected chi connectivity index (χ1v) is 11.7. The Bertz CT molecular complexity index is 1200. The highest BCUT2D eigenvalue weighted by atomic mass is 19.1. The Balaban J connectivity index is 1.41. The first kappa shape index (κ1) is 21.6. The molecule has 33 heavy (non-hydrogen) atoms. The van der Waals surface area contributed by atoms with Crippen molar-refractivity contribution in [1.82, 2.24) is 4.98 Å². The summed E-state index contributed by atoms with van der Waals surface area (Å²) in [6, 6.07) is 15.2. The molecule has 1 N–H and O–H groups in total. The number of halogens is 1. The lowest BCUT2D eigenvalue weighted by atomic mass is 9.82. The van der Waals surface area contributed by atoms with Crippen LogP contribution in [0.3, 0.4) is 0 Å².